The summed E-state index contributed by atoms with van der Waals surface area (Å²) in [5.74, 6) is -1.65. The molecule has 36 heavy (non-hydrogen) atoms. The van der Waals surface area contributed by atoms with E-state index >= 15 is 0 Å². The topological polar surface area (TPSA) is 114 Å². The maximum Gasteiger partial charge on any atom is 0.306 e. The SMILES string of the molecule is C=CCCC(=O)OC[C@H](COCc1ccccc1)NC(=O)[C@H](CC=C)CC(=O)NC1(CO)CCCC1. The number of amides is 2. The van der Waals surface area contributed by atoms with E-state index in [0.717, 1.165) is 31.2 Å². The van der Waals surface area contributed by atoms with Crippen LogP contribution in [0.4, 0.5) is 0 Å². The molecule has 8 heteroatoms. The van der Waals surface area contributed by atoms with Crippen LogP contribution in [0.2, 0.25) is 0 Å². The van der Waals surface area contributed by atoms with Crippen LogP contribution in [-0.2, 0) is 30.5 Å². The molecular formula is C28H40N2O6. The van der Waals surface area contributed by atoms with Gasteiger partial charge in [-0.3, -0.25) is 14.4 Å². The minimum absolute atomic E-state index is 0.0314. The van der Waals surface area contributed by atoms with E-state index in [1.54, 1.807) is 12.2 Å². The van der Waals surface area contributed by atoms with Crippen molar-refractivity contribution in [3.05, 3.63) is 61.2 Å². The molecule has 0 aliphatic heterocycles. The number of carbonyl (C=O) groups excluding carboxylic acids is 3. The van der Waals surface area contributed by atoms with Crippen LogP contribution in [0, 0.1) is 5.92 Å². The Kier molecular flexibility index (Phi) is 12.9. The molecule has 0 aromatic heterocycles. The van der Waals surface area contributed by atoms with Crippen molar-refractivity contribution in [1.29, 1.82) is 0 Å². The number of aliphatic hydroxyl groups excluding tert-OH is 1. The second-order valence-corrected chi connectivity index (χ2v) is 9.34. The second-order valence-electron chi connectivity index (χ2n) is 9.34. The molecule has 8 nitrogen and oxygen atoms in total. The first-order chi connectivity index (χ1) is 17.4. The number of aliphatic hydroxyl groups is 1. The van der Waals surface area contributed by atoms with E-state index in [1.807, 2.05) is 30.3 Å². The lowest BCUT2D eigenvalue weighted by Crippen LogP contribution is -2.50. The van der Waals surface area contributed by atoms with Crippen LogP contribution in [0.25, 0.3) is 0 Å². The summed E-state index contributed by atoms with van der Waals surface area (Å²) in [6.07, 6.45) is 7.59. The third kappa shape index (κ3) is 10.3. The quantitative estimate of drug-likeness (QED) is 0.224. The fraction of sp³-hybridized carbons (Fsp3) is 0.536. The minimum Gasteiger partial charge on any atom is -0.463 e. The molecule has 3 N–H and O–H groups in total. The summed E-state index contributed by atoms with van der Waals surface area (Å²) in [5, 5.41) is 15.6. The van der Waals surface area contributed by atoms with Crippen molar-refractivity contribution in [2.45, 2.75) is 69.6 Å². The van der Waals surface area contributed by atoms with Crippen LogP contribution in [0.5, 0.6) is 0 Å². The lowest BCUT2D eigenvalue weighted by atomic mass is 9.95. The maximum absolute atomic E-state index is 13.1. The molecule has 0 spiro atoms. The molecule has 1 aromatic rings. The van der Waals surface area contributed by atoms with Crippen LogP contribution in [0.1, 0.15) is 56.9 Å². The molecule has 1 aliphatic carbocycles. The molecule has 198 valence electrons. The molecule has 1 fully saturated rings. The van der Waals surface area contributed by atoms with Crippen molar-refractivity contribution in [1.82, 2.24) is 10.6 Å². The first kappa shape index (κ1) is 29.3. The Labute approximate surface area is 214 Å². The van der Waals surface area contributed by atoms with Crippen LogP contribution < -0.4 is 10.6 Å². The summed E-state index contributed by atoms with van der Waals surface area (Å²) in [5.41, 5.74) is 0.385. The van der Waals surface area contributed by atoms with Crippen molar-refractivity contribution in [2.75, 3.05) is 19.8 Å². The highest BCUT2D eigenvalue weighted by Gasteiger charge is 2.35. The number of ether oxygens (including phenoxy) is 2. The molecule has 0 bridgehead atoms. The number of benzene rings is 1. The molecule has 0 heterocycles. The Morgan fingerprint density at radius 1 is 1.08 bits per heavy atom. The van der Waals surface area contributed by atoms with Gasteiger partial charge in [-0.2, -0.15) is 0 Å². The maximum atomic E-state index is 13.1. The van der Waals surface area contributed by atoms with Gasteiger partial charge in [0, 0.05) is 12.8 Å². The second kappa shape index (κ2) is 15.9. The Bertz CT molecular complexity index is 851. The summed E-state index contributed by atoms with van der Waals surface area (Å²) < 4.78 is 11.1. The molecular weight excluding hydrogens is 460 g/mol. The molecule has 2 amide bonds. The normalized spacial score (nSPS) is 15.9. The zero-order valence-electron chi connectivity index (χ0n) is 21.1. The summed E-state index contributed by atoms with van der Waals surface area (Å²) in [6.45, 7) is 7.64. The van der Waals surface area contributed by atoms with E-state index in [9.17, 15) is 19.5 Å². The summed E-state index contributed by atoms with van der Waals surface area (Å²) in [6, 6.07) is 9.03. The van der Waals surface area contributed by atoms with Crippen molar-refractivity contribution in [3.63, 3.8) is 0 Å². The van der Waals surface area contributed by atoms with Gasteiger partial charge in [0.1, 0.15) is 6.61 Å². The smallest absolute Gasteiger partial charge is 0.306 e. The fourth-order valence-electron chi connectivity index (χ4n) is 4.26. The number of rotatable bonds is 17. The number of hydrogen-bond acceptors (Lipinski definition) is 6. The van der Waals surface area contributed by atoms with Gasteiger partial charge in [0.05, 0.1) is 37.3 Å². The van der Waals surface area contributed by atoms with Crippen molar-refractivity contribution < 1.29 is 29.0 Å². The Morgan fingerprint density at radius 3 is 2.44 bits per heavy atom. The van der Waals surface area contributed by atoms with E-state index in [2.05, 4.69) is 23.8 Å². The van der Waals surface area contributed by atoms with Gasteiger partial charge in [-0.15, -0.1) is 13.2 Å². The van der Waals surface area contributed by atoms with Crippen LogP contribution >= 0.6 is 0 Å². The highest BCUT2D eigenvalue weighted by atomic mass is 16.5. The lowest BCUT2D eigenvalue weighted by molar-refractivity contribution is -0.145. The van der Waals surface area contributed by atoms with E-state index in [4.69, 9.17) is 9.47 Å². The third-order valence-corrected chi connectivity index (χ3v) is 6.30. The standard InChI is InChI=1S/C28H40N2O6/c1-3-5-14-26(33)36-20-24(19-35-18-22-12-7-6-8-13-22)29-27(34)23(11-4-2)17-25(32)30-28(21-31)15-9-10-16-28/h3-4,6-8,12-13,23-24,31H,1-2,5,9-11,14-21H2,(H,29,34)(H,30,32)/t23-,24+/m1/s1. The molecule has 2 rings (SSSR count). The minimum atomic E-state index is -0.646. The van der Waals surface area contributed by atoms with E-state index < -0.39 is 17.5 Å². The van der Waals surface area contributed by atoms with Gasteiger partial charge in [0.25, 0.3) is 0 Å². The van der Waals surface area contributed by atoms with Crippen molar-refractivity contribution in [3.8, 4) is 0 Å². The first-order valence-electron chi connectivity index (χ1n) is 12.6. The van der Waals surface area contributed by atoms with Gasteiger partial charge in [-0.05, 0) is 31.2 Å². The van der Waals surface area contributed by atoms with Crippen LogP contribution in [0.3, 0.4) is 0 Å². The van der Waals surface area contributed by atoms with Gasteiger partial charge in [-0.1, -0.05) is 55.3 Å². The van der Waals surface area contributed by atoms with Gasteiger partial charge in [-0.25, -0.2) is 0 Å². The summed E-state index contributed by atoms with van der Waals surface area (Å²) >= 11 is 0. The van der Waals surface area contributed by atoms with Gasteiger partial charge < -0.3 is 25.2 Å². The Hall–Kier alpha value is -2.97. The van der Waals surface area contributed by atoms with E-state index in [-0.39, 0.29) is 50.4 Å². The third-order valence-electron chi connectivity index (χ3n) is 6.30. The molecule has 1 aromatic carbocycles. The number of esters is 1. The predicted molar refractivity (Wildman–Crippen MR) is 138 cm³/mol. The average molecular weight is 501 g/mol. The summed E-state index contributed by atoms with van der Waals surface area (Å²) in [4.78, 5) is 37.8. The average Bonchev–Trinajstić information content (AvgIpc) is 3.34. The molecule has 1 aliphatic rings. The molecule has 0 unspecified atom stereocenters. The zero-order valence-corrected chi connectivity index (χ0v) is 21.1. The Morgan fingerprint density at radius 2 is 1.81 bits per heavy atom. The molecule has 1 saturated carbocycles. The number of allylic oxidation sites excluding steroid dienone is 2. The predicted octanol–water partition coefficient (Wildman–Crippen LogP) is 3.20. The highest BCUT2D eigenvalue weighted by molar-refractivity contribution is 5.86. The van der Waals surface area contributed by atoms with Gasteiger partial charge in [0.2, 0.25) is 11.8 Å². The van der Waals surface area contributed by atoms with Gasteiger partial charge >= 0.3 is 5.97 Å². The van der Waals surface area contributed by atoms with E-state index in [0.29, 0.717) is 19.4 Å². The number of nitrogens with one attached hydrogen (secondary N) is 2. The summed E-state index contributed by atoms with van der Waals surface area (Å²) in [7, 11) is 0. The lowest BCUT2D eigenvalue weighted by Gasteiger charge is -2.29. The van der Waals surface area contributed by atoms with Crippen LogP contribution in [0.15, 0.2) is 55.6 Å². The first-order valence-corrected chi connectivity index (χ1v) is 12.6. The Balaban J connectivity index is 1.97. The largest absolute Gasteiger partial charge is 0.463 e. The number of carbonyl (C=O) groups is 3. The zero-order chi connectivity index (χ0) is 26.2. The van der Waals surface area contributed by atoms with Gasteiger partial charge in [0.15, 0.2) is 0 Å². The van der Waals surface area contributed by atoms with Crippen molar-refractivity contribution >= 4 is 17.8 Å². The monoisotopic (exact) mass is 500 g/mol. The van der Waals surface area contributed by atoms with Crippen LogP contribution in [-0.4, -0.2) is 54.3 Å². The molecule has 0 saturated heterocycles. The molecule has 2 atom stereocenters. The van der Waals surface area contributed by atoms with E-state index in [1.165, 1.54) is 0 Å². The number of hydrogen-bond donors (Lipinski definition) is 3. The highest BCUT2D eigenvalue weighted by Crippen LogP contribution is 2.29. The van der Waals surface area contributed by atoms with Crippen molar-refractivity contribution in [2.24, 2.45) is 5.92 Å². The fourth-order valence-corrected chi connectivity index (χ4v) is 4.26. The molecule has 0 radical (unpaired) electrons.